The normalized spacial score (nSPS) is 23.9. The monoisotopic (exact) mass is 270 g/mol. The minimum absolute atomic E-state index is 0.0760. The highest BCUT2D eigenvalue weighted by molar-refractivity contribution is 5.75. The van der Waals surface area contributed by atoms with Crippen LogP contribution < -0.4 is 5.32 Å². The van der Waals surface area contributed by atoms with Gasteiger partial charge in [0.25, 0.3) is 0 Å². The van der Waals surface area contributed by atoms with Crippen LogP contribution in [0.1, 0.15) is 46.5 Å². The van der Waals surface area contributed by atoms with Crippen LogP contribution in [0, 0.1) is 11.8 Å². The van der Waals surface area contributed by atoms with Gasteiger partial charge in [0.1, 0.15) is 0 Å². The molecule has 0 aromatic rings. The van der Waals surface area contributed by atoms with E-state index in [1.807, 2.05) is 13.8 Å². The molecule has 0 aromatic carbocycles. The summed E-state index contributed by atoms with van der Waals surface area (Å²) in [4.78, 5) is 24.9. The molecule has 1 saturated carbocycles. The average Bonchev–Trinajstić information content (AvgIpc) is 2.85. The van der Waals surface area contributed by atoms with E-state index in [4.69, 9.17) is 5.11 Å². The lowest BCUT2D eigenvalue weighted by Gasteiger charge is -2.28. The van der Waals surface area contributed by atoms with Crippen molar-refractivity contribution in [2.24, 2.45) is 11.8 Å². The standard InChI is InChI=1S/C14H26N2O3/c1-4-10(3)16(5-2)14(19)15-9-11-7-6-8-12(11)13(17)18/h10-12H,4-9H2,1-3H3,(H,15,19)(H,17,18). The summed E-state index contributed by atoms with van der Waals surface area (Å²) in [6, 6.07) is 0.136. The smallest absolute Gasteiger partial charge is 0.317 e. The topological polar surface area (TPSA) is 69.6 Å². The first-order valence-electron chi connectivity index (χ1n) is 7.28. The SMILES string of the molecule is CCC(C)N(CC)C(=O)NCC1CCCC1C(=O)O. The first-order chi connectivity index (χ1) is 9.01. The highest BCUT2D eigenvalue weighted by Crippen LogP contribution is 2.31. The Labute approximate surface area is 115 Å². The number of carbonyl (C=O) groups is 2. The second kappa shape index (κ2) is 7.36. The van der Waals surface area contributed by atoms with Gasteiger partial charge in [0.2, 0.25) is 0 Å². The van der Waals surface area contributed by atoms with Crippen molar-refractivity contribution >= 4 is 12.0 Å². The summed E-state index contributed by atoms with van der Waals surface area (Å²) < 4.78 is 0. The first-order valence-corrected chi connectivity index (χ1v) is 7.28. The number of hydrogen-bond acceptors (Lipinski definition) is 2. The van der Waals surface area contributed by atoms with E-state index in [2.05, 4.69) is 12.2 Å². The fraction of sp³-hybridized carbons (Fsp3) is 0.857. The zero-order valence-electron chi connectivity index (χ0n) is 12.2. The Morgan fingerprint density at radius 2 is 2.05 bits per heavy atom. The van der Waals surface area contributed by atoms with E-state index in [9.17, 15) is 9.59 Å². The molecule has 1 aliphatic rings. The third-order valence-electron chi connectivity index (χ3n) is 4.22. The predicted octanol–water partition coefficient (Wildman–Crippen LogP) is 2.32. The molecule has 1 aliphatic carbocycles. The summed E-state index contributed by atoms with van der Waals surface area (Å²) in [5, 5.41) is 12.0. The number of rotatable bonds is 6. The third kappa shape index (κ3) is 4.11. The van der Waals surface area contributed by atoms with Crippen molar-refractivity contribution in [2.75, 3.05) is 13.1 Å². The van der Waals surface area contributed by atoms with Crippen LogP contribution >= 0.6 is 0 Å². The van der Waals surface area contributed by atoms with Crippen LogP contribution in [0.4, 0.5) is 4.79 Å². The molecule has 1 fully saturated rings. The molecule has 3 unspecified atom stereocenters. The summed E-state index contributed by atoms with van der Waals surface area (Å²) in [7, 11) is 0. The van der Waals surface area contributed by atoms with Crippen LogP contribution in [-0.2, 0) is 4.79 Å². The van der Waals surface area contributed by atoms with Gasteiger partial charge >= 0.3 is 12.0 Å². The molecule has 0 radical (unpaired) electrons. The lowest BCUT2D eigenvalue weighted by molar-refractivity contribution is -0.142. The van der Waals surface area contributed by atoms with Crippen molar-refractivity contribution in [3.63, 3.8) is 0 Å². The van der Waals surface area contributed by atoms with Gasteiger partial charge in [-0.15, -0.1) is 0 Å². The van der Waals surface area contributed by atoms with Gasteiger partial charge in [-0.2, -0.15) is 0 Å². The van der Waals surface area contributed by atoms with E-state index in [1.165, 1.54) is 0 Å². The molecule has 2 amide bonds. The van der Waals surface area contributed by atoms with Gasteiger partial charge in [0.15, 0.2) is 0 Å². The van der Waals surface area contributed by atoms with Crippen LogP contribution in [-0.4, -0.2) is 41.1 Å². The van der Waals surface area contributed by atoms with Crippen LogP contribution in [0.5, 0.6) is 0 Å². The summed E-state index contributed by atoms with van der Waals surface area (Å²) in [6.07, 6.45) is 3.49. The molecule has 2 N–H and O–H groups in total. The second-order valence-electron chi connectivity index (χ2n) is 5.37. The molecule has 0 spiro atoms. The average molecular weight is 270 g/mol. The molecule has 0 heterocycles. The van der Waals surface area contributed by atoms with Gasteiger partial charge in [-0.25, -0.2) is 4.79 Å². The molecule has 110 valence electrons. The Morgan fingerprint density at radius 3 is 2.58 bits per heavy atom. The maximum absolute atomic E-state index is 12.1. The number of amides is 2. The van der Waals surface area contributed by atoms with E-state index in [0.29, 0.717) is 13.1 Å². The quantitative estimate of drug-likeness (QED) is 0.778. The Morgan fingerprint density at radius 1 is 1.37 bits per heavy atom. The number of nitrogens with zero attached hydrogens (tertiary/aromatic N) is 1. The van der Waals surface area contributed by atoms with Crippen molar-refractivity contribution in [1.29, 1.82) is 0 Å². The zero-order chi connectivity index (χ0) is 14.4. The van der Waals surface area contributed by atoms with Crippen LogP contribution in [0.15, 0.2) is 0 Å². The largest absolute Gasteiger partial charge is 0.481 e. The van der Waals surface area contributed by atoms with E-state index in [0.717, 1.165) is 25.7 Å². The molecule has 0 aliphatic heterocycles. The fourth-order valence-electron chi connectivity index (χ4n) is 2.80. The molecule has 19 heavy (non-hydrogen) atoms. The molecule has 3 atom stereocenters. The Balaban J connectivity index is 2.47. The maximum Gasteiger partial charge on any atom is 0.317 e. The van der Waals surface area contributed by atoms with Crippen molar-refractivity contribution in [3.8, 4) is 0 Å². The van der Waals surface area contributed by atoms with Gasteiger partial charge in [-0.05, 0) is 39.0 Å². The number of carboxylic acid groups (broad SMARTS) is 1. The molecular formula is C14H26N2O3. The zero-order valence-corrected chi connectivity index (χ0v) is 12.2. The predicted molar refractivity (Wildman–Crippen MR) is 74.0 cm³/mol. The number of carbonyl (C=O) groups excluding carboxylic acids is 1. The Hall–Kier alpha value is -1.26. The number of aliphatic carboxylic acids is 1. The van der Waals surface area contributed by atoms with E-state index < -0.39 is 5.97 Å². The molecule has 0 saturated heterocycles. The fourth-order valence-corrected chi connectivity index (χ4v) is 2.80. The van der Waals surface area contributed by atoms with Crippen molar-refractivity contribution in [2.45, 2.75) is 52.5 Å². The molecule has 1 rings (SSSR count). The van der Waals surface area contributed by atoms with Crippen molar-refractivity contribution in [1.82, 2.24) is 10.2 Å². The van der Waals surface area contributed by atoms with E-state index >= 15 is 0 Å². The van der Waals surface area contributed by atoms with E-state index in [1.54, 1.807) is 4.90 Å². The number of carboxylic acids is 1. The van der Waals surface area contributed by atoms with Crippen LogP contribution in [0.25, 0.3) is 0 Å². The minimum atomic E-state index is -0.731. The van der Waals surface area contributed by atoms with Crippen LogP contribution in [0.2, 0.25) is 0 Å². The van der Waals surface area contributed by atoms with Gasteiger partial charge in [0, 0.05) is 19.1 Å². The van der Waals surface area contributed by atoms with Gasteiger partial charge < -0.3 is 15.3 Å². The molecule has 0 bridgehead atoms. The Kier molecular flexibility index (Phi) is 6.12. The Bertz CT molecular complexity index is 320. The second-order valence-corrected chi connectivity index (χ2v) is 5.37. The molecular weight excluding hydrogens is 244 g/mol. The van der Waals surface area contributed by atoms with Gasteiger partial charge in [0.05, 0.1) is 5.92 Å². The highest BCUT2D eigenvalue weighted by Gasteiger charge is 2.33. The number of hydrogen-bond donors (Lipinski definition) is 2. The third-order valence-corrected chi connectivity index (χ3v) is 4.22. The number of nitrogens with one attached hydrogen (secondary N) is 1. The van der Waals surface area contributed by atoms with Crippen LogP contribution in [0.3, 0.4) is 0 Å². The lowest BCUT2D eigenvalue weighted by Crippen LogP contribution is -2.46. The van der Waals surface area contributed by atoms with Gasteiger partial charge in [-0.3, -0.25) is 4.79 Å². The first kappa shape index (κ1) is 15.8. The summed E-state index contributed by atoms with van der Waals surface area (Å²) in [5.74, 6) is -0.943. The van der Waals surface area contributed by atoms with Gasteiger partial charge in [-0.1, -0.05) is 13.3 Å². The highest BCUT2D eigenvalue weighted by atomic mass is 16.4. The van der Waals surface area contributed by atoms with Crippen molar-refractivity contribution in [3.05, 3.63) is 0 Å². The molecule has 5 heteroatoms. The number of urea groups is 1. The summed E-state index contributed by atoms with van der Waals surface area (Å²) >= 11 is 0. The summed E-state index contributed by atoms with van der Waals surface area (Å²) in [5.41, 5.74) is 0. The lowest BCUT2D eigenvalue weighted by atomic mass is 9.96. The molecule has 5 nitrogen and oxygen atoms in total. The maximum atomic E-state index is 12.1. The van der Waals surface area contributed by atoms with Crippen molar-refractivity contribution < 1.29 is 14.7 Å². The molecule has 0 aromatic heterocycles. The van der Waals surface area contributed by atoms with E-state index in [-0.39, 0.29) is 23.9 Å². The minimum Gasteiger partial charge on any atom is -0.481 e. The summed E-state index contributed by atoms with van der Waals surface area (Å²) in [6.45, 7) is 7.19.